The number of hydrogen-bond donors (Lipinski definition) is 2. The van der Waals surface area contributed by atoms with Crippen LogP contribution < -0.4 is 21.1 Å². The molecule has 1 saturated heterocycles. The van der Waals surface area contributed by atoms with Crippen molar-refractivity contribution in [3.63, 3.8) is 0 Å². The van der Waals surface area contributed by atoms with Gasteiger partial charge in [0.1, 0.15) is 16.6 Å². The third-order valence-corrected chi connectivity index (χ3v) is 7.86. The molecule has 2 aromatic heterocycles. The van der Waals surface area contributed by atoms with Gasteiger partial charge in [-0.2, -0.15) is 0 Å². The van der Waals surface area contributed by atoms with E-state index < -0.39 is 30.3 Å². The van der Waals surface area contributed by atoms with Crippen LogP contribution in [0.1, 0.15) is 56.3 Å². The molecule has 0 radical (unpaired) electrons. The first kappa shape index (κ1) is 31.4. The lowest BCUT2D eigenvalue weighted by Gasteiger charge is -2.33. The second-order valence-corrected chi connectivity index (χ2v) is 10.9. The second-order valence-electron chi connectivity index (χ2n) is 10.5. The van der Waals surface area contributed by atoms with Crippen molar-refractivity contribution < 1.29 is 27.4 Å². The zero-order valence-corrected chi connectivity index (χ0v) is 25.4. The van der Waals surface area contributed by atoms with Gasteiger partial charge in [-0.15, -0.1) is 5.16 Å². The van der Waals surface area contributed by atoms with Crippen molar-refractivity contribution in [2.75, 3.05) is 23.3 Å². The predicted octanol–water partition coefficient (Wildman–Crippen LogP) is 6.44. The molecule has 1 unspecified atom stereocenters. The molecule has 2 aliphatic heterocycles. The van der Waals surface area contributed by atoms with Gasteiger partial charge in [-0.1, -0.05) is 37.6 Å². The summed E-state index contributed by atoms with van der Waals surface area (Å²) in [6.07, 6.45) is 0.778. The molecule has 230 valence electrons. The Morgan fingerprint density at radius 3 is 2.59 bits per heavy atom. The van der Waals surface area contributed by atoms with Gasteiger partial charge in [0.05, 0.1) is 34.6 Å². The van der Waals surface area contributed by atoms with E-state index in [1.54, 1.807) is 49.1 Å². The van der Waals surface area contributed by atoms with Crippen LogP contribution in [0.4, 0.5) is 24.7 Å². The minimum Gasteiger partial charge on any atom is -0.440 e. The second kappa shape index (κ2) is 12.5. The molecule has 4 heterocycles. The van der Waals surface area contributed by atoms with E-state index >= 15 is 0 Å². The van der Waals surface area contributed by atoms with E-state index in [1.165, 1.54) is 12.3 Å². The number of pyridine rings is 1. The summed E-state index contributed by atoms with van der Waals surface area (Å²) in [4.78, 5) is 19.5. The molecule has 44 heavy (non-hydrogen) atoms. The molecule has 6 rings (SSSR count). The molecule has 1 fully saturated rings. The number of halogens is 4. The van der Waals surface area contributed by atoms with E-state index in [1.807, 2.05) is 13.8 Å². The van der Waals surface area contributed by atoms with Crippen molar-refractivity contribution in [2.24, 2.45) is 5.16 Å². The lowest BCUT2D eigenvalue weighted by molar-refractivity contribution is -0.0225. The maximum absolute atomic E-state index is 14.9. The van der Waals surface area contributed by atoms with Crippen molar-refractivity contribution in [1.29, 1.82) is 0 Å². The van der Waals surface area contributed by atoms with E-state index in [0.29, 0.717) is 33.5 Å². The van der Waals surface area contributed by atoms with Crippen molar-refractivity contribution in [2.45, 2.75) is 52.5 Å². The van der Waals surface area contributed by atoms with Gasteiger partial charge in [0.15, 0.2) is 5.43 Å². The predicted molar refractivity (Wildman–Crippen MR) is 168 cm³/mol. The fraction of sp³-hybridized carbons (Fsp3) is 0.323. The van der Waals surface area contributed by atoms with Gasteiger partial charge in [-0.05, 0) is 49.7 Å². The molecule has 0 aliphatic carbocycles. The molecule has 2 aliphatic rings. The number of nitrogens with one attached hydrogen (secondary N) is 1. The normalized spacial score (nSPS) is 16.1. The van der Waals surface area contributed by atoms with Crippen molar-refractivity contribution in [3.05, 3.63) is 80.3 Å². The number of anilines is 2. The number of aromatic nitrogens is 1. The highest BCUT2D eigenvalue weighted by atomic mass is 35.5. The number of rotatable bonds is 5. The Labute approximate surface area is 257 Å². The summed E-state index contributed by atoms with van der Waals surface area (Å²) in [5.41, 5.74) is 3.24. The number of benzene rings is 2. The maximum atomic E-state index is 14.9. The fourth-order valence-corrected chi connectivity index (χ4v) is 5.52. The molecule has 0 bridgehead atoms. The van der Waals surface area contributed by atoms with Crippen LogP contribution in [-0.2, 0) is 4.76 Å². The molecule has 0 saturated carbocycles. The van der Waals surface area contributed by atoms with Crippen molar-refractivity contribution in [1.82, 2.24) is 4.98 Å². The van der Waals surface area contributed by atoms with Gasteiger partial charge in [0.2, 0.25) is 5.88 Å². The molecule has 1 atom stereocenters. The summed E-state index contributed by atoms with van der Waals surface area (Å²) >= 11 is 6.25. The lowest BCUT2D eigenvalue weighted by Crippen LogP contribution is -2.40. The van der Waals surface area contributed by atoms with E-state index in [0.717, 1.165) is 6.07 Å². The molecular formula is C31H31BClF3N4O4. The van der Waals surface area contributed by atoms with Crippen LogP contribution in [0.5, 0.6) is 0 Å². The summed E-state index contributed by atoms with van der Waals surface area (Å²) in [5, 5.41) is 17.4. The zero-order chi connectivity index (χ0) is 31.8. The van der Waals surface area contributed by atoms with Gasteiger partial charge in [0.25, 0.3) is 5.92 Å². The van der Waals surface area contributed by atoms with Gasteiger partial charge in [-0.3, -0.25) is 4.79 Å². The molecule has 8 nitrogen and oxygen atoms in total. The first-order valence-electron chi connectivity index (χ1n) is 14.3. The van der Waals surface area contributed by atoms with E-state index in [9.17, 15) is 23.0 Å². The summed E-state index contributed by atoms with van der Waals surface area (Å²) in [7, 11) is -1.19. The summed E-state index contributed by atoms with van der Waals surface area (Å²) < 4.78 is 53.6. The monoisotopic (exact) mass is 626 g/mol. The summed E-state index contributed by atoms with van der Waals surface area (Å²) in [5.74, 6) is -3.18. The Kier molecular flexibility index (Phi) is 8.94. The number of alkyl halides is 2. The Morgan fingerprint density at radius 2 is 1.86 bits per heavy atom. The van der Waals surface area contributed by atoms with E-state index in [-0.39, 0.29) is 53.5 Å². The smallest absolute Gasteiger partial charge is 0.440 e. The highest BCUT2D eigenvalue weighted by Gasteiger charge is 2.36. The first-order valence-corrected chi connectivity index (χ1v) is 14.7. The van der Waals surface area contributed by atoms with Gasteiger partial charge in [0, 0.05) is 42.5 Å². The minimum atomic E-state index is -2.77. The van der Waals surface area contributed by atoms with Crippen LogP contribution >= 0.6 is 11.6 Å². The van der Waals surface area contributed by atoms with Gasteiger partial charge < -0.3 is 24.4 Å². The highest BCUT2D eigenvalue weighted by molar-refractivity contribution is 6.62. The number of fused-ring (bicyclic) bond motifs is 2. The summed E-state index contributed by atoms with van der Waals surface area (Å²) in [6.45, 7) is 7.39. The quantitative estimate of drug-likeness (QED) is 0.194. The molecule has 2 N–H and O–H groups in total. The number of nitrogens with zero attached hydrogens (tertiary/aromatic N) is 3. The van der Waals surface area contributed by atoms with Crippen LogP contribution in [0.2, 0.25) is 5.15 Å². The zero-order valence-electron chi connectivity index (χ0n) is 24.6. The average molecular weight is 627 g/mol. The van der Waals surface area contributed by atoms with E-state index in [2.05, 4.69) is 15.5 Å². The standard InChI is InChI=1S/C29H25BClF3N4O4.C2H6/c1-15-26(39)21-13-19(32)12-20(27(21)41-28(15)38-9-7-29(33,34)8-10-38)16(2)36-23-5-6-24(31)37-25(23)17-3-4-22-18(11-17)14-35-42-30(22)40;1-2/h3-6,11-14,16,36,40H,7-10H2,1-2H3;1-2H3. The third-order valence-electron chi connectivity index (χ3n) is 7.65. The van der Waals surface area contributed by atoms with E-state index in [4.69, 9.17) is 20.8 Å². The van der Waals surface area contributed by atoms with Gasteiger partial charge in [-0.25, -0.2) is 18.2 Å². The van der Waals surface area contributed by atoms with Crippen LogP contribution in [-0.4, -0.2) is 42.4 Å². The average Bonchev–Trinajstić information content (AvgIpc) is 3.01. The molecule has 0 amide bonds. The maximum Gasteiger partial charge on any atom is 0.583 e. The van der Waals surface area contributed by atoms with Crippen molar-refractivity contribution in [3.8, 4) is 11.3 Å². The van der Waals surface area contributed by atoms with Crippen LogP contribution in [0.25, 0.3) is 22.2 Å². The molecule has 13 heteroatoms. The number of hydrogen-bond acceptors (Lipinski definition) is 8. The highest BCUT2D eigenvalue weighted by Crippen LogP contribution is 2.36. The topological polar surface area (TPSA) is 100 Å². The Morgan fingerprint density at radius 1 is 1.14 bits per heavy atom. The molecule has 2 aromatic carbocycles. The Balaban J connectivity index is 0.00000188. The van der Waals surface area contributed by atoms with Crippen LogP contribution in [0, 0.1) is 12.7 Å². The third kappa shape index (κ3) is 6.14. The Hall–Kier alpha value is -4.03. The minimum absolute atomic E-state index is 0.0288. The first-order chi connectivity index (χ1) is 21.0. The largest absolute Gasteiger partial charge is 0.583 e. The number of piperidine rings is 1. The molecular weight excluding hydrogens is 596 g/mol. The van der Waals surface area contributed by atoms with Gasteiger partial charge >= 0.3 is 7.12 Å². The molecule has 4 aromatic rings. The van der Waals surface area contributed by atoms with Crippen molar-refractivity contribution >= 4 is 52.9 Å². The summed E-state index contributed by atoms with van der Waals surface area (Å²) in [6, 6.07) is 10.4. The fourth-order valence-electron chi connectivity index (χ4n) is 5.37. The van der Waals surface area contributed by atoms with Crippen LogP contribution in [0.3, 0.4) is 0 Å². The number of oxime groups is 1. The SMILES string of the molecule is CC.Cc1c(N2CCC(F)(F)CC2)oc2c(C(C)Nc3ccc(Cl)nc3-c3ccc4c(c3)C=NOB4O)cc(F)cc2c1=O. The van der Waals surface area contributed by atoms with Crippen LogP contribution in [0.15, 0.2) is 56.8 Å². The molecule has 0 spiro atoms. The Bertz CT molecular complexity index is 1790. The lowest BCUT2D eigenvalue weighted by atomic mass is 9.75.